The van der Waals surface area contributed by atoms with Crippen molar-refractivity contribution in [1.82, 2.24) is 0 Å². The molecule has 0 aromatic heterocycles. The van der Waals surface area contributed by atoms with E-state index in [1.165, 1.54) is 6.92 Å². The van der Waals surface area contributed by atoms with Crippen molar-refractivity contribution in [2.24, 2.45) is 0 Å². The monoisotopic (exact) mass is 362 g/mol. The van der Waals surface area contributed by atoms with Crippen LogP contribution in [-0.4, -0.2) is 31.6 Å². The van der Waals surface area contributed by atoms with Gasteiger partial charge in [0.15, 0.2) is 11.5 Å². The first-order chi connectivity index (χ1) is 12.4. The lowest BCUT2D eigenvalue weighted by atomic mass is 10.2. The quantitative estimate of drug-likeness (QED) is 0.908. The zero-order chi connectivity index (χ0) is 18.7. The SMILES string of the molecule is CC(=O)N(CC(=O)Nc1ccc2c(c1)OCCO2)c1ccc(F)cc1F. The molecule has 136 valence electrons. The number of carbonyl (C=O) groups excluding carboxylic acids is 2. The third-order valence-electron chi connectivity index (χ3n) is 3.71. The summed E-state index contributed by atoms with van der Waals surface area (Å²) in [4.78, 5) is 25.0. The number of amides is 2. The average Bonchev–Trinajstić information content (AvgIpc) is 2.60. The number of rotatable bonds is 4. The third-order valence-corrected chi connectivity index (χ3v) is 3.71. The molecule has 8 heteroatoms. The van der Waals surface area contributed by atoms with Gasteiger partial charge in [-0.05, 0) is 24.3 Å². The van der Waals surface area contributed by atoms with Crippen LogP contribution in [0.4, 0.5) is 20.2 Å². The summed E-state index contributed by atoms with van der Waals surface area (Å²) < 4.78 is 37.8. The Morgan fingerprint density at radius 2 is 1.81 bits per heavy atom. The molecule has 0 bridgehead atoms. The van der Waals surface area contributed by atoms with Crippen molar-refractivity contribution < 1.29 is 27.8 Å². The van der Waals surface area contributed by atoms with E-state index >= 15 is 0 Å². The summed E-state index contributed by atoms with van der Waals surface area (Å²) in [6, 6.07) is 7.68. The zero-order valence-electron chi connectivity index (χ0n) is 13.9. The molecule has 26 heavy (non-hydrogen) atoms. The van der Waals surface area contributed by atoms with E-state index < -0.39 is 30.0 Å². The smallest absolute Gasteiger partial charge is 0.244 e. The molecule has 0 aliphatic carbocycles. The molecule has 0 unspecified atom stereocenters. The highest BCUT2D eigenvalue weighted by Gasteiger charge is 2.20. The predicted octanol–water partition coefficient (Wildman–Crippen LogP) is 2.73. The number of ether oxygens (including phenoxy) is 2. The van der Waals surface area contributed by atoms with Gasteiger partial charge < -0.3 is 19.7 Å². The van der Waals surface area contributed by atoms with Crippen LogP contribution in [0.15, 0.2) is 36.4 Å². The maximum Gasteiger partial charge on any atom is 0.244 e. The number of nitrogens with one attached hydrogen (secondary N) is 1. The summed E-state index contributed by atoms with van der Waals surface area (Å²) in [5, 5.41) is 2.61. The number of nitrogens with zero attached hydrogens (tertiary/aromatic N) is 1. The van der Waals surface area contributed by atoms with E-state index in [0.29, 0.717) is 36.5 Å². The summed E-state index contributed by atoms with van der Waals surface area (Å²) in [5.41, 5.74) is 0.276. The fourth-order valence-corrected chi connectivity index (χ4v) is 2.53. The van der Waals surface area contributed by atoms with Crippen LogP contribution in [0.2, 0.25) is 0 Å². The number of fused-ring (bicyclic) bond motifs is 1. The number of carbonyl (C=O) groups is 2. The van der Waals surface area contributed by atoms with Crippen molar-refractivity contribution >= 4 is 23.2 Å². The molecule has 6 nitrogen and oxygen atoms in total. The Kier molecular flexibility index (Phi) is 5.01. The van der Waals surface area contributed by atoms with Gasteiger partial charge in [0, 0.05) is 24.7 Å². The molecular weight excluding hydrogens is 346 g/mol. The molecule has 1 N–H and O–H groups in total. The molecular formula is C18H16F2N2O4. The van der Waals surface area contributed by atoms with Crippen LogP contribution in [0.3, 0.4) is 0 Å². The summed E-state index contributed by atoms with van der Waals surface area (Å²) in [5.74, 6) is -1.70. The molecule has 0 fully saturated rings. The van der Waals surface area contributed by atoms with E-state index in [-0.39, 0.29) is 5.69 Å². The van der Waals surface area contributed by atoms with Crippen molar-refractivity contribution in [3.05, 3.63) is 48.0 Å². The summed E-state index contributed by atoms with van der Waals surface area (Å²) in [6.45, 7) is 1.63. The standard InChI is InChI=1S/C18H16F2N2O4/c1-11(23)22(15-4-2-12(19)8-14(15)20)10-18(24)21-13-3-5-16-17(9-13)26-7-6-25-16/h2-5,8-9H,6-7,10H2,1H3,(H,21,24). The minimum atomic E-state index is -0.924. The lowest BCUT2D eigenvalue weighted by Gasteiger charge is -2.22. The van der Waals surface area contributed by atoms with E-state index in [0.717, 1.165) is 17.0 Å². The van der Waals surface area contributed by atoms with E-state index in [2.05, 4.69) is 5.32 Å². The minimum absolute atomic E-state index is 0.170. The van der Waals surface area contributed by atoms with Crippen molar-refractivity contribution in [2.75, 3.05) is 30.0 Å². The number of anilines is 2. The Labute approximate surface area is 148 Å². The highest BCUT2D eigenvalue weighted by molar-refractivity contribution is 6.02. The lowest BCUT2D eigenvalue weighted by Crippen LogP contribution is -2.37. The minimum Gasteiger partial charge on any atom is -0.486 e. The second-order valence-electron chi connectivity index (χ2n) is 5.61. The number of hydrogen-bond donors (Lipinski definition) is 1. The van der Waals surface area contributed by atoms with Crippen molar-refractivity contribution in [2.45, 2.75) is 6.92 Å². The molecule has 1 aliphatic rings. The maximum atomic E-state index is 13.9. The lowest BCUT2D eigenvalue weighted by molar-refractivity contribution is -0.120. The molecule has 1 aliphatic heterocycles. The zero-order valence-corrected chi connectivity index (χ0v) is 13.9. The Balaban J connectivity index is 1.73. The van der Waals surface area contributed by atoms with Crippen LogP contribution in [0.1, 0.15) is 6.92 Å². The molecule has 0 atom stereocenters. The second kappa shape index (κ2) is 7.38. The molecule has 0 saturated heterocycles. The van der Waals surface area contributed by atoms with Gasteiger partial charge >= 0.3 is 0 Å². The van der Waals surface area contributed by atoms with E-state index in [9.17, 15) is 18.4 Å². The summed E-state index contributed by atoms with van der Waals surface area (Å²) in [7, 11) is 0. The molecule has 2 amide bonds. The van der Waals surface area contributed by atoms with Crippen LogP contribution in [-0.2, 0) is 9.59 Å². The molecule has 0 spiro atoms. The largest absolute Gasteiger partial charge is 0.486 e. The highest BCUT2D eigenvalue weighted by atomic mass is 19.1. The summed E-state index contributed by atoms with van der Waals surface area (Å²) >= 11 is 0. The normalized spacial score (nSPS) is 12.4. The van der Waals surface area contributed by atoms with Crippen LogP contribution in [0.25, 0.3) is 0 Å². The second-order valence-corrected chi connectivity index (χ2v) is 5.61. The van der Waals surface area contributed by atoms with Crippen LogP contribution >= 0.6 is 0 Å². The first-order valence-corrected chi connectivity index (χ1v) is 7.86. The van der Waals surface area contributed by atoms with Gasteiger partial charge in [-0.15, -0.1) is 0 Å². The number of hydrogen-bond acceptors (Lipinski definition) is 4. The van der Waals surface area contributed by atoms with Gasteiger partial charge in [0.1, 0.15) is 31.4 Å². The fourth-order valence-electron chi connectivity index (χ4n) is 2.53. The van der Waals surface area contributed by atoms with Gasteiger partial charge in [0.25, 0.3) is 0 Å². The van der Waals surface area contributed by atoms with Crippen molar-refractivity contribution in [3.63, 3.8) is 0 Å². The van der Waals surface area contributed by atoms with Crippen LogP contribution in [0.5, 0.6) is 11.5 Å². The van der Waals surface area contributed by atoms with Gasteiger partial charge in [-0.1, -0.05) is 0 Å². The molecule has 0 saturated carbocycles. The van der Waals surface area contributed by atoms with Crippen molar-refractivity contribution in [1.29, 1.82) is 0 Å². The highest BCUT2D eigenvalue weighted by Crippen LogP contribution is 2.32. The van der Waals surface area contributed by atoms with Gasteiger partial charge in [0.05, 0.1) is 5.69 Å². The topological polar surface area (TPSA) is 67.9 Å². The van der Waals surface area contributed by atoms with Gasteiger partial charge in [-0.25, -0.2) is 8.78 Å². The van der Waals surface area contributed by atoms with E-state index in [1.54, 1.807) is 18.2 Å². The molecule has 2 aromatic carbocycles. The van der Waals surface area contributed by atoms with E-state index in [4.69, 9.17) is 9.47 Å². The predicted molar refractivity (Wildman–Crippen MR) is 90.4 cm³/mol. The number of benzene rings is 2. The molecule has 2 aromatic rings. The Hall–Kier alpha value is -3.16. The van der Waals surface area contributed by atoms with Crippen LogP contribution in [0, 0.1) is 11.6 Å². The number of halogens is 2. The molecule has 0 radical (unpaired) electrons. The summed E-state index contributed by atoms with van der Waals surface area (Å²) in [6.07, 6.45) is 0. The Morgan fingerprint density at radius 1 is 1.08 bits per heavy atom. The average molecular weight is 362 g/mol. The first-order valence-electron chi connectivity index (χ1n) is 7.86. The molecule has 3 rings (SSSR count). The van der Waals surface area contributed by atoms with Gasteiger partial charge in [-0.3, -0.25) is 9.59 Å². The van der Waals surface area contributed by atoms with Gasteiger partial charge in [-0.2, -0.15) is 0 Å². The maximum absolute atomic E-state index is 13.9. The van der Waals surface area contributed by atoms with E-state index in [1.807, 2.05) is 0 Å². The first kappa shape index (κ1) is 17.7. The Morgan fingerprint density at radius 3 is 2.50 bits per heavy atom. The Bertz CT molecular complexity index is 857. The third kappa shape index (κ3) is 3.90. The van der Waals surface area contributed by atoms with Gasteiger partial charge in [0.2, 0.25) is 11.8 Å². The van der Waals surface area contributed by atoms with Crippen LogP contribution < -0.4 is 19.7 Å². The van der Waals surface area contributed by atoms with Crippen molar-refractivity contribution in [3.8, 4) is 11.5 Å². The fraction of sp³-hybridized carbons (Fsp3) is 0.222. The molecule has 1 heterocycles.